The van der Waals surface area contributed by atoms with Crippen LogP contribution < -0.4 is 5.32 Å². The average molecular weight is 354 g/mol. The van der Waals surface area contributed by atoms with Crippen molar-refractivity contribution >= 4 is 18.0 Å². The van der Waals surface area contributed by atoms with Gasteiger partial charge >= 0.3 is 6.18 Å². The van der Waals surface area contributed by atoms with Crippen LogP contribution in [0.25, 0.3) is 0 Å². The third-order valence-electron chi connectivity index (χ3n) is 3.28. The summed E-state index contributed by atoms with van der Waals surface area (Å²) >= 11 is 1.36. The second-order valence-electron chi connectivity index (χ2n) is 5.13. The van der Waals surface area contributed by atoms with Gasteiger partial charge in [0.2, 0.25) is 0 Å². The summed E-state index contributed by atoms with van der Waals surface area (Å²) in [7, 11) is 0. The molecule has 2 atom stereocenters. The van der Waals surface area contributed by atoms with E-state index in [0.29, 0.717) is 12.0 Å². The molecule has 0 radical (unpaired) electrons. The monoisotopic (exact) mass is 354 g/mol. The molecule has 1 aromatic heterocycles. The minimum Gasteiger partial charge on any atom is -0.302 e. The van der Waals surface area contributed by atoms with Crippen LogP contribution in [0.5, 0.6) is 0 Å². The lowest BCUT2D eigenvalue weighted by molar-refractivity contribution is -0.159. The lowest BCUT2D eigenvalue weighted by Gasteiger charge is -2.25. The van der Waals surface area contributed by atoms with Crippen molar-refractivity contribution < 1.29 is 18.0 Å². The number of halogens is 3. The van der Waals surface area contributed by atoms with E-state index >= 15 is 0 Å². The van der Waals surface area contributed by atoms with Gasteiger partial charge in [0.25, 0.3) is 0 Å². The molecule has 0 aliphatic rings. The number of nitrogens with one attached hydrogen (secondary N) is 1. The van der Waals surface area contributed by atoms with Crippen LogP contribution in [-0.2, 0) is 10.5 Å². The van der Waals surface area contributed by atoms with Gasteiger partial charge in [0.15, 0.2) is 0 Å². The molecule has 24 heavy (non-hydrogen) atoms. The van der Waals surface area contributed by atoms with Crippen molar-refractivity contribution in [3.05, 3.63) is 66.0 Å². The molecule has 1 N–H and O–H groups in total. The van der Waals surface area contributed by atoms with Gasteiger partial charge < -0.3 is 4.79 Å². The number of nitrogens with zero attached hydrogens (tertiary/aromatic N) is 1. The van der Waals surface area contributed by atoms with Gasteiger partial charge in [-0.05, 0) is 17.7 Å². The summed E-state index contributed by atoms with van der Waals surface area (Å²) < 4.78 is 39.9. The summed E-state index contributed by atoms with van der Waals surface area (Å²) in [6.07, 6.45) is -2.30. The highest BCUT2D eigenvalue weighted by Crippen LogP contribution is 2.33. The fourth-order valence-electron chi connectivity index (χ4n) is 2.14. The Balaban J connectivity index is 1.97. The smallest absolute Gasteiger partial charge is 0.302 e. The zero-order valence-corrected chi connectivity index (χ0v) is 13.6. The van der Waals surface area contributed by atoms with Crippen LogP contribution in [0, 0.1) is 0 Å². The van der Waals surface area contributed by atoms with Crippen LogP contribution in [0.3, 0.4) is 0 Å². The molecule has 128 valence electrons. The number of pyridine rings is 1. The number of hydrogen-bond donors (Lipinski definition) is 1. The molecule has 2 rings (SSSR count). The van der Waals surface area contributed by atoms with Crippen LogP contribution in [0.2, 0.25) is 0 Å². The summed E-state index contributed by atoms with van der Waals surface area (Å²) in [5.74, 6) is 0.772. The number of thioether (sulfide) groups is 1. The zero-order chi connectivity index (χ0) is 17.4. The number of rotatable bonds is 8. The number of hydrogen-bond acceptors (Lipinski definition) is 4. The third kappa shape index (κ3) is 5.65. The highest BCUT2D eigenvalue weighted by molar-refractivity contribution is 7.98. The Bertz CT molecular complexity index is 623. The summed E-state index contributed by atoms with van der Waals surface area (Å²) in [5, 5.41) is 2.41. The van der Waals surface area contributed by atoms with Crippen molar-refractivity contribution in [1.29, 1.82) is 0 Å². The van der Waals surface area contributed by atoms with Gasteiger partial charge in [0, 0.05) is 17.7 Å². The molecule has 1 aromatic carbocycles. The molecule has 0 spiro atoms. The Morgan fingerprint density at radius 1 is 1.12 bits per heavy atom. The minimum atomic E-state index is -4.48. The van der Waals surface area contributed by atoms with E-state index in [-0.39, 0.29) is 11.3 Å². The van der Waals surface area contributed by atoms with Crippen LogP contribution in [0.4, 0.5) is 13.2 Å². The molecule has 0 aliphatic heterocycles. The highest BCUT2D eigenvalue weighted by Gasteiger charge is 2.41. The first kappa shape index (κ1) is 18.5. The molecule has 0 aliphatic carbocycles. The topological polar surface area (TPSA) is 42.0 Å². The average Bonchev–Trinajstić information content (AvgIpc) is 2.58. The van der Waals surface area contributed by atoms with Crippen molar-refractivity contribution in [2.75, 3.05) is 5.75 Å². The first-order chi connectivity index (χ1) is 11.5. The summed E-state index contributed by atoms with van der Waals surface area (Å²) in [6, 6.07) is 10.2. The number of aromatic nitrogens is 1. The Hall–Kier alpha value is -1.86. The SMILES string of the molecule is O=C[C@H](CSCc1ccccn1)NC(c1ccccc1)C(F)(F)F. The van der Waals surface area contributed by atoms with E-state index in [4.69, 9.17) is 0 Å². The molecular formula is C17H17F3N2OS. The molecule has 1 unspecified atom stereocenters. The molecule has 0 saturated carbocycles. The van der Waals surface area contributed by atoms with Gasteiger partial charge in [-0.2, -0.15) is 24.9 Å². The van der Waals surface area contributed by atoms with E-state index < -0.39 is 18.3 Å². The largest absolute Gasteiger partial charge is 0.407 e. The second-order valence-corrected chi connectivity index (χ2v) is 6.16. The lowest BCUT2D eigenvalue weighted by Crippen LogP contribution is -2.42. The Labute approximate surface area is 142 Å². The maximum Gasteiger partial charge on any atom is 0.407 e. The zero-order valence-electron chi connectivity index (χ0n) is 12.7. The van der Waals surface area contributed by atoms with Crippen molar-refractivity contribution in [3.63, 3.8) is 0 Å². The molecule has 0 amide bonds. The molecule has 7 heteroatoms. The third-order valence-corrected chi connectivity index (χ3v) is 4.37. The minimum absolute atomic E-state index is 0.0894. The van der Waals surface area contributed by atoms with Gasteiger partial charge in [-0.1, -0.05) is 36.4 Å². The molecule has 3 nitrogen and oxygen atoms in total. The maximum absolute atomic E-state index is 13.3. The molecule has 0 fully saturated rings. The predicted molar refractivity (Wildman–Crippen MR) is 88.6 cm³/mol. The van der Waals surface area contributed by atoms with Crippen LogP contribution in [0.1, 0.15) is 17.3 Å². The second kappa shape index (κ2) is 8.84. The van der Waals surface area contributed by atoms with E-state index in [1.165, 1.54) is 23.9 Å². The summed E-state index contributed by atoms with van der Waals surface area (Å²) in [6.45, 7) is 0. The van der Waals surface area contributed by atoms with E-state index in [1.54, 1.807) is 30.5 Å². The molecule has 2 aromatic rings. The number of aldehydes is 1. The molecule has 0 saturated heterocycles. The maximum atomic E-state index is 13.3. The molecule has 0 bridgehead atoms. The van der Waals surface area contributed by atoms with Crippen LogP contribution in [0.15, 0.2) is 54.7 Å². The fraction of sp³-hybridized carbons (Fsp3) is 0.294. The Morgan fingerprint density at radius 2 is 1.83 bits per heavy atom. The number of carbonyl (C=O) groups excluding carboxylic acids is 1. The van der Waals surface area contributed by atoms with Gasteiger partial charge in [0.05, 0.1) is 11.7 Å². The number of benzene rings is 1. The van der Waals surface area contributed by atoms with Gasteiger partial charge in [-0.15, -0.1) is 0 Å². The first-order valence-electron chi connectivity index (χ1n) is 7.31. The Morgan fingerprint density at radius 3 is 2.42 bits per heavy atom. The van der Waals surface area contributed by atoms with Gasteiger partial charge in [0.1, 0.15) is 12.3 Å². The van der Waals surface area contributed by atoms with E-state index in [2.05, 4.69) is 10.3 Å². The van der Waals surface area contributed by atoms with Crippen LogP contribution >= 0.6 is 11.8 Å². The van der Waals surface area contributed by atoms with E-state index in [0.717, 1.165) is 5.69 Å². The standard InChI is InChI=1S/C17H17F3N2OS/c18-17(19,20)16(13-6-2-1-3-7-13)22-15(10-23)12-24-11-14-8-4-5-9-21-14/h1-10,15-16,22H,11-12H2/t15-,16?/m1/s1. The van der Waals surface area contributed by atoms with E-state index in [9.17, 15) is 18.0 Å². The van der Waals surface area contributed by atoms with Crippen molar-refractivity contribution in [1.82, 2.24) is 10.3 Å². The normalized spacial score (nSPS) is 14.1. The summed E-state index contributed by atoms with van der Waals surface area (Å²) in [4.78, 5) is 15.3. The first-order valence-corrected chi connectivity index (χ1v) is 8.47. The Kier molecular flexibility index (Phi) is 6.81. The van der Waals surface area contributed by atoms with Crippen molar-refractivity contribution in [2.24, 2.45) is 0 Å². The quantitative estimate of drug-likeness (QED) is 0.733. The molecule has 1 heterocycles. The number of alkyl halides is 3. The highest BCUT2D eigenvalue weighted by atomic mass is 32.2. The number of carbonyl (C=O) groups is 1. The summed E-state index contributed by atoms with van der Waals surface area (Å²) in [5.41, 5.74) is 0.911. The van der Waals surface area contributed by atoms with Crippen molar-refractivity contribution in [3.8, 4) is 0 Å². The van der Waals surface area contributed by atoms with Crippen molar-refractivity contribution in [2.45, 2.75) is 24.0 Å². The lowest BCUT2D eigenvalue weighted by atomic mass is 10.1. The van der Waals surface area contributed by atoms with Crippen LogP contribution in [-0.4, -0.2) is 29.2 Å². The fourth-order valence-corrected chi connectivity index (χ4v) is 3.07. The molecular weight excluding hydrogens is 337 g/mol. The van der Waals surface area contributed by atoms with Gasteiger partial charge in [-0.3, -0.25) is 10.3 Å². The predicted octanol–water partition coefficient (Wildman–Crippen LogP) is 3.78. The van der Waals surface area contributed by atoms with E-state index in [1.807, 2.05) is 12.1 Å². The van der Waals surface area contributed by atoms with Gasteiger partial charge in [-0.25, -0.2) is 0 Å².